The molecule has 2 bridgehead atoms. The molecule has 0 unspecified atom stereocenters. The highest BCUT2D eigenvalue weighted by atomic mass is 35.5. The van der Waals surface area contributed by atoms with E-state index in [1.807, 2.05) is 60.8 Å². The maximum atomic E-state index is 14.3. The fourth-order valence-electron chi connectivity index (χ4n) is 6.61. The van der Waals surface area contributed by atoms with Crippen LogP contribution in [0.3, 0.4) is 0 Å². The summed E-state index contributed by atoms with van der Waals surface area (Å²) in [4.78, 5) is 34.7. The van der Waals surface area contributed by atoms with E-state index >= 15 is 0 Å². The lowest BCUT2D eigenvalue weighted by molar-refractivity contribution is -0.122. The monoisotopic (exact) mass is 488 g/mol. The van der Waals surface area contributed by atoms with E-state index in [2.05, 4.69) is 24.3 Å². The lowest BCUT2D eigenvalue weighted by atomic mass is 9.47. The molecule has 1 aliphatic heterocycles. The fourth-order valence-corrected chi connectivity index (χ4v) is 6.83. The molecule has 4 nitrogen and oxygen atoms in total. The number of para-hydroxylation sites is 2. The van der Waals surface area contributed by atoms with E-state index in [1.165, 1.54) is 4.90 Å². The number of carbonyl (C=O) groups is 2. The van der Waals surface area contributed by atoms with Gasteiger partial charge in [0, 0.05) is 12.1 Å². The predicted molar refractivity (Wildman–Crippen MR) is 141 cm³/mol. The van der Waals surface area contributed by atoms with E-state index < -0.39 is 17.3 Å². The second kappa shape index (κ2) is 7.74. The highest BCUT2D eigenvalue weighted by Gasteiger charge is 2.68. The zero-order chi connectivity index (χ0) is 24.4. The Hall–Kier alpha value is -4.02. The van der Waals surface area contributed by atoms with Crippen LogP contribution in [0.25, 0.3) is 0 Å². The van der Waals surface area contributed by atoms with Gasteiger partial charge in [0.25, 0.3) is 0 Å². The molecule has 1 saturated heterocycles. The van der Waals surface area contributed by atoms with Crippen LogP contribution in [-0.2, 0) is 15.0 Å². The van der Waals surface area contributed by atoms with Crippen molar-refractivity contribution in [3.05, 3.63) is 130 Å². The van der Waals surface area contributed by atoms with Gasteiger partial charge in [-0.3, -0.25) is 14.6 Å². The molecule has 0 radical (unpaired) electrons. The maximum Gasteiger partial charge on any atom is 0.239 e. The van der Waals surface area contributed by atoms with Crippen LogP contribution < -0.4 is 4.90 Å². The molecule has 4 aromatic rings. The number of imide groups is 1. The molecule has 2 amide bonds. The molecule has 36 heavy (non-hydrogen) atoms. The standard InChI is InChI=1S/C31H21ClN2O2/c32-24-16-8-9-17-25(24)34-29(35)27-26-20-12-4-6-14-22(20)31(28(27)30(34)36,23-15-7-5-13-21(23)26)18-33-19-10-2-1-3-11-19/h1-18,26-28H/t26?,27-,28+,31?/m0/s1. The minimum atomic E-state index is -0.884. The van der Waals surface area contributed by atoms with Crippen molar-refractivity contribution in [3.63, 3.8) is 0 Å². The van der Waals surface area contributed by atoms with Crippen LogP contribution >= 0.6 is 11.6 Å². The highest BCUT2D eigenvalue weighted by molar-refractivity contribution is 6.36. The maximum absolute atomic E-state index is 14.3. The summed E-state index contributed by atoms with van der Waals surface area (Å²) >= 11 is 6.50. The molecule has 8 rings (SSSR count). The third-order valence-corrected chi connectivity index (χ3v) is 8.27. The molecule has 1 fully saturated rings. The van der Waals surface area contributed by atoms with Gasteiger partial charge in [0.05, 0.1) is 33.6 Å². The molecule has 0 N–H and O–H groups in total. The summed E-state index contributed by atoms with van der Waals surface area (Å²) in [6, 6.07) is 33.1. The normalized spacial score (nSPS) is 25.7. The van der Waals surface area contributed by atoms with Crippen molar-refractivity contribution < 1.29 is 9.59 Å². The van der Waals surface area contributed by atoms with Crippen molar-refractivity contribution in [3.8, 4) is 0 Å². The Balaban J connectivity index is 1.53. The Morgan fingerprint density at radius 2 is 1.31 bits per heavy atom. The average Bonchev–Trinajstić information content (AvgIpc) is 3.19. The topological polar surface area (TPSA) is 49.7 Å². The van der Waals surface area contributed by atoms with Crippen molar-refractivity contribution in [1.82, 2.24) is 0 Å². The predicted octanol–water partition coefficient (Wildman–Crippen LogP) is 6.29. The fraction of sp³-hybridized carbons (Fsp3) is 0.129. The van der Waals surface area contributed by atoms with E-state index in [1.54, 1.807) is 24.3 Å². The van der Waals surface area contributed by atoms with Gasteiger partial charge in [-0.25, -0.2) is 4.90 Å². The minimum absolute atomic E-state index is 0.204. The molecule has 4 aliphatic rings. The van der Waals surface area contributed by atoms with E-state index in [4.69, 9.17) is 16.6 Å². The summed E-state index contributed by atoms with van der Waals surface area (Å²) in [6.45, 7) is 0. The van der Waals surface area contributed by atoms with Gasteiger partial charge in [-0.05, 0) is 46.5 Å². The van der Waals surface area contributed by atoms with Crippen LogP contribution in [0.4, 0.5) is 11.4 Å². The summed E-state index contributed by atoms with van der Waals surface area (Å²) < 4.78 is 0. The summed E-state index contributed by atoms with van der Waals surface area (Å²) in [5, 5.41) is 0.382. The first kappa shape index (κ1) is 21.3. The van der Waals surface area contributed by atoms with Gasteiger partial charge < -0.3 is 0 Å². The van der Waals surface area contributed by atoms with Crippen molar-refractivity contribution in [1.29, 1.82) is 0 Å². The number of hydrogen-bond acceptors (Lipinski definition) is 3. The zero-order valence-electron chi connectivity index (χ0n) is 19.2. The number of anilines is 1. The smallest absolute Gasteiger partial charge is 0.239 e. The van der Waals surface area contributed by atoms with Crippen molar-refractivity contribution in [2.75, 3.05) is 4.90 Å². The number of benzene rings is 4. The average molecular weight is 489 g/mol. The van der Waals surface area contributed by atoms with Gasteiger partial charge in [-0.1, -0.05) is 90.5 Å². The number of aliphatic imine (C=N–C) groups is 1. The molecule has 174 valence electrons. The Labute approximate surface area is 213 Å². The first-order valence-electron chi connectivity index (χ1n) is 12.0. The van der Waals surface area contributed by atoms with Crippen LogP contribution in [0.15, 0.2) is 108 Å². The molecule has 1 heterocycles. The highest BCUT2D eigenvalue weighted by Crippen LogP contribution is 2.64. The molecule has 5 heteroatoms. The first-order valence-corrected chi connectivity index (χ1v) is 12.4. The molecule has 0 aromatic heterocycles. The molecule has 3 aliphatic carbocycles. The lowest BCUT2D eigenvalue weighted by Gasteiger charge is -2.52. The van der Waals surface area contributed by atoms with Gasteiger partial charge in [0.15, 0.2) is 0 Å². The number of carbonyl (C=O) groups excluding carboxylic acids is 2. The number of halogens is 1. The summed E-state index contributed by atoms with van der Waals surface area (Å²) in [6.07, 6.45) is 1.91. The molecular formula is C31H21ClN2O2. The van der Waals surface area contributed by atoms with Crippen molar-refractivity contribution in [2.45, 2.75) is 11.3 Å². The second-order valence-corrected chi connectivity index (χ2v) is 9.99. The second-order valence-electron chi connectivity index (χ2n) is 9.58. The Morgan fingerprint density at radius 3 is 1.97 bits per heavy atom. The lowest BCUT2D eigenvalue weighted by Crippen LogP contribution is -2.54. The van der Waals surface area contributed by atoms with Crippen molar-refractivity contribution in [2.24, 2.45) is 16.8 Å². The van der Waals surface area contributed by atoms with Gasteiger partial charge in [0.2, 0.25) is 11.8 Å². The van der Waals surface area contributed by atoms with Crippen LogP contribution in [0.5, 0.6) is 0 Å². The van der Waals surface area contributed by atoms with Gasteiger partial charge in [0.1, 0.15) is 0 Å². The number of nitrogens with zero attached hydrogens (tertiary/aromatic N) is 2. The van der Waals surface area contributed by atoms with Crippen LogP contribution in [-0.4, -0.2) is 18.0 Å². The first-order chi connectivity index (χ1) is 17.6. The zero-order valence-corrected chi connectivity index (χ0v) is 20.0. The van der Waals surface area contributed by atoms with Crippen LogP contribution in [0.2, 0.25) is 5.02 Å². The van der Waals surface area contributed by atoms with E-state index in [-0.39, 0.29) is 17.7 Å². The minimum Gasteiger partial charge on any atom is -0.274 e. The van der Waals surface area contributed by atoms with E-state index in [9.17, 15) is 9.59 Å². The third kappa shape index (κ3) is 2.68. The Kier molecular flexibility index (Phi) is 4.57. The van der Waals surface area contributed by atoms with E-state index in [0.29, 0.717) is 10.7 Å². The number of amides is 2. The summed E-state index contributed by atoms with van der Waals surface area (Å²) in [5.74, 6) is -1.81. The Bertz CT molecular complexity index is 1530. The third-order valence-electron chi connectivity index (χ3n) is 7.95. The molecular weight excluding hydrogens is 468 g/mol. The van der Waals surface area contributed by atoms with Gasteiger partial charge in [-0.2, -0.15) is 0 Å². The largest absolute Gasteiger partial charge is 0.274 e. The molecule has 0 saturated carbocycles. The number of rotatable bonds is 3. The van der Waals surface area contributed by atoms with Crippen LogP contribution in [0.1, 0.15) is 28.2 Å². The van der Waals surface area contributed by atoms with Gasteiger partial charge in [-0.15, -0.1) is 0 Å². The summed E-state index contributed by atoms with van der Waals surface area (Å²) in [7, 11) is 0. The van der Waals surface area contributed by atoms with E-state index in [0.717, 1.165) is 27.9 Å². The Morgan fingerprint density at radius 1 is 0.722 bits per heavy atom. The van der Waals surface area contributed by atoms with Crippen molar-refractivity contribution >= 4 is 41.0 Å². The molecule has 2 atom stereocenters. The molecule has 4 aromatic carbocycles. The quantitative estimate of drug-likeness (QED) is 0.251. The number of hydrogen-bond donors (Lipinski definition) is 0. The SMILES string of the molecule is O=C1[C@H]2C3c4ccccc4C(C=Nc4ccccc4)(c4ccccc43)[C@H]2C(=O)N1c1ccccc1Cl. The molecule has 0 spiro atoms. The summed E-state index contributed by atoms with van der Waals surface area (Å²) in [5.41, 5.74) is 4.59. The van der Waals surface area contributed by atoms with Crippen LogP contribution in [0, 0.1) is 11.8 Å². The van der Waals surface area contributed by atoms with Gasteiger partial charge >= 0.3 is 0 Å².